The molecule has 3 aromatic rings. The summed E-state index contributed by atoms with van der Waals surface area (Å²) in [6, 6.07) is 13.0. The Morgan fingerprint density at radius 3 is 2.26 bits per heavy atom. The van der Waals surface area contributed by atoms with Gasteiger partial charge in [0.25, 0.3) is 0 Å². The molecule has 206 valence electrons. The molecule has 6 nitrogen and oxygen atoms in total. The molecule has 0 atom stereocenters. The van der Waals surface area contributed by atoms with Gasteiger partial charge in [0.05, 0.1) is 19.8 Å². The number of ether oxygens (including phenoxy) is 3. The first-order valence-corrected chi connectivity index (χ1v) is 12.9. The van der Waals surface area contributed by atoms with Gasteiger partial charge in [-0.15, -0.1) is 0 Å². The van der Waals surface area contributed by atoms with Crippen LogP contribution in [0.5, 0.6) is 28.7 Å². The molecular formula is C33H39NO5. The fourth-order valence-corrected chi connectivity index (χ4v) is 4.20. The molecule has 0 amide bonds. The van der Waals surface area contributed by atoms with Crippen molar-refractivity contribution in [2.45, 2.75) is 34.1 Å². The number of allylic oxidation sites excluding steroid dienone is 2. The first-order valence-electron chi connectivity index (χ1n) is 12.9. The molecule has 39 heavy (non-hydrogen) atoms. The molecule has 0 unspecified atom stereocenters. The largest absolute Gasteiger partial charge is 0.504 e. The first-order chi connectivity index (χ1) is 18.7. The molecule has 0 radical (unpaired) electrons. The van der Waals surface area contributed by atoms with Crippen molar-refractivity contribution >= 4 is 11.8 Å². The van der Waals surface area contributed by atoms with Gasteiger partial charge in [0, 0.05) is 24.2 Å². The Bertz CT molecular complexity index is 1380. The van der Waals surface area contributed by atoms with Crippen molar-refractivity contribution in [1.82, 2.24) is 0 Å². The topological polar surface area (TPSA) is 80.2 Å². The highest BCUT2D eigenvalue weighted by Crippen LogP contribution is 2.48. The number of anilines is 1. The summed E-state index contributed by atoms with van der Waals surface area (Å²) in [6.07, 6.45) is 6.39. The molecule has 0 fully saturated rings. The van der Waals surface area contributed by atoms with Gasteiger partial charge in [0.15, 0.2) is 23.0 Å². The fraction of sp³-hybridized carbons (Fsp3) is 0.273. The second-order valence-corrected chi connectivity index (χ2v) is 9.73. The SMILES string of the molecule is C=Cc1ccc(Cc2cc(OC)c(-c3ccc(OCC=C(C)C)c(O)c3)c(O)c2OC)cc1NCC=C(C)C. The van der Waals surface area contributed by atoms with E-state index in [-0.39, 0.29) is 11.5 Å². The molecule has 0 aliphatic heterocycles. The molecular weight excluding hydrogens is 490 g/mol. The summed E-state index contributed by atoms with van der Waals surface area (Å²) in [4.78, 5) is 0. The Balaban J connectivity index is 1.98. The Kier molecular flexibility index (Phi) is 10.1. The summed E-state index contributed by atoms with van der Waals surface area (Å²) in [5, 5.41) is 25.4. The monoisotopic (exact) mass is 529 g/mol. The average Bonchev–Trinajstić information content (AvgIpc) is 2.89. The van der Waals surface area contributed by atoms with E-state index in [0.717, 1.165) is 28.0 Å². The number of phenols is 2. The van der Waals surface area contributed by atoms with E-state index in [1.165, 1.54) is 12.7 Å². The zero-order valence-electron chi connectivity index (χ0n) is 23.7. The Morgan fingerprint density at radius 2 is 1.64 bits per heavy atom. The van der Waals surface area contributed by atoms with Gasteiger partial charge in [-0.1, -0.05) is 48.1 Å². The summed E-state index contributed by atoms with van der Waals surface area (Å²) in [5.74, 6) is 1.07. The third-order valence-corrected chi connectivity index (χ3v) is 6.23. The van der Waals surface area contributed by atoms with Gasteiger partial charge in [0.1, 0.15) is 12.4 Å². The van der Waals surface area contributed by atoms with Crippen molar-refractivity contribution in [3.05, 3.63) is 89.0 Å². The zero-order chi connectivity index (χ0) is 28.5. The second kappa shape index (κ2) is 13.5. The summed E-state index contributed by atoms with van der Waals surface area (Å²) in [6.45, 7) is 13.1. The van der Waals surface area contributed by atoms with E-state index >= 15 is 0 Å². The Labute approximate surface area is 231 Å². The molecule has 3 rings (SSSR count). The van der Waals surface area contributed by atoms with Crippen LogP contribution in [0.15, 0.2) is 72.3 Å². The third kappa shape index (κ3) is 7.38. The number of rotatable bonds is 12. The fourth-order valence-electron chi connectivity index (χ4n) is 4.20. The highest BCUT2D eigenvalue weighted by molar-refractivity contribution is 5.82. The predicted molar refractivity (Wildman–Crippen MR) is 160 cm³/mol. The smallest absolute Gasteiger partial charge is 0.169 e. The van der Waals surface area contributed by atoms with E-state index < -0.39 is 0 Å². The van der Waals surface area contributed by atoms with Crippen molar-refractivity contribution in [3.8, 4) is 39.9 Å². The maximum Gasteiger partial charge on any atom is 0.169 e. The van der Waals surface area contributed by atoms with Crippen molar-refractivity contribution in [3.63, 3.8) is 0 Å². The van der Waals surface area contributed by atoms with Crippen molar-refractivity contribution in [2.75, 3.05) is 32.7 Å². The summed E-state index contributed by atoms with van der Waals surface area (Å²) in [7, 11) is 3.08. The van der Waals surface area contributed by atoms with Crippen LogP contribution in [-0.4, -0.2) is 37.6 Å². The lowest BCUT2D eigenvalue weighted by atomic mass is 9.95. The minimum atomic E-state index is -0.0610. The van der Waals surface area contributed by atoms with Gasteiger partial charge in [0.2, 0.25) is 0 Å². The molecule has 0 heterocycles. The van der Waals surface area contributed by atoms with Crippen molar-refractivity contribution < 1.29 is 24.4 Å². The Morgan fingerprint density at radius 1 is 0.897 bits per heavy atom. The van der Waals surface area contributed by atoms with Gasteiger partial charge in [-0.25, -0.2) is 0 Å². The summed E-state index contributed by atoms with van der Waals surface area (Å²) in [5.41, 5.74) is 7.15. The van der Waals surface area contributed by atoms with E-state index in [0.29, 0.717) is 47.9 Å². The number of hydrogen-bond acceptors (Lipinski definition) is 6. The van der Waals surface area contributed by atoms with E-state index in [1.54, 1.807) is 25.3 Å². The van der Waals surface area contributed by atoms with Crippen LogP contribution in [0, 0.1) is 0 Å². The van der Waals surface area contributed by atoms with Crippen LogP contribution in [0.2, 0.25) is 0 Å². The van der Waals surface area contributed by atoms with Crippen LogP contribution in [-0.2, 0) is 6.42 Å². The maximum absolute atomic E-state index is 11.3. The average molecular weight is 530 g/mol. The number of benzene rings is 3. The predicted octanol–water partition coefficient (Wildman–Crippen LogP) is 7.74. The van der Waals surface area contributed by atoms with Crippen LogP contribution in [0.4, 0.5) is 5.69 Å². The van der Waals surface area contributed by atoms with Gasteiger partial charge in [-0.05, 0) is 74.7 Å². The molecule has 0 saturated heterocycles. The minimum Gasteiger partial charge on any atom is -0.504 e. The molecule has 0 bridgehead atoms. The lowest BCUT2D eigenvalue weighted by Crippen LogP contribution is -2.03. The molecule has 6 heteroatoms. The molecule has 0 saturated carbocycles. The molecule has 0 spiro atoms. The lowest BCUT2D eigenvalue weighted by Gasteiger charge is -2.19. The minimum absolute atomic E-state index is 0.0328. The summed E-state index contributed by atoms with van der Waals surface area (Å²) >= 11 is 0. The van der Waals surface area contributed by atoms with Crippen LogP contribution in [0.1, 0.15) is 44.4 Å². The van der Waals surface area contributed by atoms with E-state index in [1.807, 2.05) is 44.2 Å². The summed E-state index contributed by atoms with van der Waals surface area (Å²) < 4.78 is 17.0. The van der Waals surface area contributed by atoms with Gasteiger partial charge in [-0.2, -0.15) is 0 Å². The molecule has 3 N–H and O–H groups in total. The van der Waals surface area contributed by atoms with Crippen LogP contribution in [0.25, 0.3) is 17.2 Å². The van der Waals surface area contributed by atoms with Crippen molar-refractivity contribution in [2.24, 2.45) is 0 Å². The number of aromatic hydroxyl groups is 2. The number of hydrogen-bond donors (Lipinski definition) is 3. The number of methoxy groups -OCH3 is 2. The van der Waals surface area contributed by atoms with Crippen LogP contribution >= 0.6 is 0 Å². The second-order valence-electron chi connectivity index (χ2n) is 9.73. The normalized spacial score (nSPS) is 10.4. The van der Waals surface area contributed by atoms with E-state index in [4.69, 9.17) is 14.2 Å². The van der Waals surface area contributed by atoms with E-state index in [9.17, 15) is 10.2 Å². The lowest BCUT2D eigenvalue weighted by molar-refractivity contribution is 0.335. The molecule has 0 aliphatic carbocycles. The standard InChI is InChI=1S/C33H39NO5/c1-8-24-10-9-23(18-27(24)34-15-13-21(2)3)17-26-20-30(37-6)31(32(36)33(26)38-7)25-11-12-29(28(35)19-25)39-16-14-22(4)5/h8-14,18-20,34-36H,1,15-17H2,2-7H3. The third-order valence-electron chi connectivity index (χ3n) is 6.23. The first kappa shape index (κ1) is 29.2. The van der Waals surface area contributed by atoms with Crippen LogP contribution < -0.4 is 19.5 Å². The van der Waals surface area contributed by atoms with Gasteiger partial charge >= 0.3 is 0 Å². The van der Waals surface area contributed by atoms with Gasteiger partial charge < -0.3 is 29.7 Å². The number of nitrogens with one attached hydrogen (secondary N) is 1. The molecule has 0 aliphatic rings. The zero-order valence-corrected chi connectivity index (χ0v) is 23.7. The Hall–Kier alpha value is -4.32. The van der Waals surface area contributed by atoms with Gasteiger partial charge in [-0.3, -0.25) is 0 Å². The quantitative estimate of drug-likeness (QED) is 0.208. The highest BCUT2D eigenvalue weighted by Gasteiger charge is 2.22. The molecule has 3 aromatic carbocycles. The highest BCUT2D eigenvalue weighted by atomic mass is 16.5. The van der Waals surface area contributed by atoms with Crippen molar-refractivity contribution in [1.29, 1.82) is 0 Å². The van der Waals surface area contributed by atoms with E-state index in [2.05, 4.69) is 37.9 Å². The number of phenolic OH excluding ortho intramolecular Hbond substituents is 2. The molecule has 0 aromatic heterocycles. The van der Waals surface area contributed by atoms with Crippen LogP contribution in [0.3, 0.4) is 0 Å². The maximum atomic E-state index is 11.3.